The van der Waals surface area contributed by atoms with E-state index in [1.807, 2.05) is 60.7 Å². The molecule has 2 unspecified atom stereocenters. The SMILES string of the molecule is COc1ccc(CCl)cc1.COc1ccc(COC2CNCCC2c2cccc(Cl)c2)cc1. The molecule has 33 heavy (non-hydrogen) atoms. The molecule has 2 atom stereocenters. The molecule has 0 radical (unpaired) electrons. The molecular formula is C27H31Cl2NO3. The van der Waals surface area contributed by atoms with Crippen molar-refractivity contribution in [3.8, 4) is 11.5 Å². The fourth-order valence-corrected chi connectivity index (χ4v) is 4.14. The fourth-order valence-electron chi connectivity index (χ4n) is 3.76. The Morgan fingerprint density at radius 2 is 1.52 bits per heavy atom. The molecule has 0 saturated carbocycles. The normalized spacial score (nSPS) is 17.6. The lowest BCUT2D eigenvalue weighted by molar-refractivity contribution is 0.0106. The Labute approximate surface area is 206 Å². The summed E-state index contributed by atoms with van der Waals surface area (Å²) in [6.07, 6.45) is 1.22. The minimum Gasteiger partial charge on any atom is -0.497 e. The van der Waals surface area contributed by atoms with Crippen LogP contribution in [0.25, 0.3) is 0 Å². The number of nitrogens with one attached hydrogen (secondary N) is 1. The first-order valence-electron chi connectivity index (χ1n) is 11.0. The maximum atomic E-state index is 6.20. The van der Waals surface area contributed by atoms with Gasteiger partial charge in [0, 0.05) is 23.4 Å². The second kappa shape index (κ2) is 13.5. The number of benzene rings is 3. The van der Waals surface area contributed by atoms with Gasteiger partial charge in [-0.05, 0) is 66.1 Å². The molecule has 4 nitrogen and oxygen atoms in total. The van der Waals surface area contributed by atoms with Crippen LogP contribution < -0.4 is 14.8 Å². The lowest BCUT2D eigenvalue weighted by Crippen LogP contribution is -2.40. The molecule has 3 aromatic carbocycles. The third-order valence-corrected chi connectivity index (χ3v) is 6.18. The van der Waals surface area contributed by atoms with E-state index in [0.29, 0.717) is 18.4 Å². The van der Waals surface area contributed by atoms with E-state index in [9.17, 15) is 0 Å². The molecule has 1 N–H and O–H groups in total. The first kappa shape index (κ1) is 25.4. The monoisotopic (exact) mass is 487 g/mol. The van der Waals surface area contributed by atoms with E-state index in [1.165, 1.54) is 5.56 Å². The Morgan fingerprint density at radius 3 is 2.09 bits per heavy atom. The quantitative estimate of drug-likeness (QED) is 0.389. The molecule has 0 spiro atoms. The summed E-state index contributed by atoms with van der Waals surface area (Å²) in [5.74, 6) is 2.68. The lowest BCUT2D eigenvalue weighted by atomic mass is 9.88. The highest BCUT2D eigenvalue weighted by Gasteiger charge is 2.27. The average Bonchev–Trinajstić information content (AvgIpc) is 2.88. The van der Waals surface area contributed by atoms with Crippen LogP contribution in [0.3, 0.4) is 0 Å². The Hall–Kier alpha value is -2.24. The molecular weight excluding hydrogens is 457 g/mol. The van der Waals surface area contributed by atoms with Crippen LogP contribution in [0, 0.1) is 0 Å². The highest BCUT2D eigenvalue weighted by atomic mass is 35.5. The van der Waals surface area contributed by atoms with Gasteiger partial charge in [0.05, 0.1) is 26.9 Å². The number of alkyl halides is 1. The predicted molar refractivity (Wildman–Crippen MR) is 136 cm³/mol. The second-order valence-electron chi connectivity index (χ2n) is 7.83. The van der Waals surface area contributed by atoms with Gasteiger partial charge in [-0.3, -0.25) is 0 Å². The molecule has 0 aliphatic carbocycles. The third kappa shape index (κ3) is 7.94. The Balaban J connectivity index is 0.000000257. The van der Waals surface area contributed by atoms with Gasteiger partial charge in [-0.2, -0.15) is 0 Å². The van der Waals surface area contributed by atoms with Crippen molar-refractivity contribution in [3.63, 3.8) is 0 Å². The molecule has 6 heteroatoms. The summed E-state index contributed by atoms with van der Waals surface area (Å²) in [5, 5.41) is 4.21. The van der Waals surface area contributed by atoms with E-state index in [2.05, 4.69) is 17.4 Å². The zero-order valence-electron chi connectivity index (χ0n) is 19.1. The molecule has 1 aliphatic rings. The minimum absolute atomic E-state index is 0.157. The van der Waals surface area contributed by atoms with Gasteiger partial charge in [0.1, 0.15) is 11.5 Å². The minimum atomic E-state index is 0.157. The van der Waals surface area contributed by atoms with Gasteiger partial charge in [-0.25, -0.2) is 0 Å². The van der Waals surface area contributed by atoms with Gasteiger partial charge < -0.3 is 19.5 Å². The van der Waals surface area contributed by atoms with Gasteiger partial charge in [-0.1, -0.05) is 48.0 Å². The van der Waals surface area contributed by atoms with Crippen LogP contribution in [0.4, 0.5) is 0 Å². The van der Waals surface area contributed by atoms with Gasteiger partial charge in [0.15, 0.2) is 0 Å². The van der Waals surface area contributed by atoms with Crippen molar-refractivity contribution in [2.45, 2.75) is 30.9 Å². The number of piperidine rings is 1. The Morgan fingerprint density at radius 1 is 0.879 bits per heavy atom. The Bertz CT molecular complexity index is 941. The van der Waals surface area contributed by atoms with Crippen LogP contribution in [0.1, 0.15) is 29.0 Å². The molecule has 1 aliphatic heterocycles. The third-order valence-electron chi connectivity index (χ3n) is 5.64. The maximum absolute atomic E-state index is 6.20. The summed E-state index contributed by atoms with van der Waals surface area (Å²) in [6.45, 7) is 2.49. The molecule has 0 amide bonds. The predicted octanol–water partition coefficient (Wildman–Crippen LogP) is 6.44. The zero-order chi connectivity index (χ0) is 23.5. The van der Waals surface area contributed by atoms with Crippen molar-refractivity contribution in [1.82, 2.24) is 5.32 Å². The second-order valence-corrected chi connectivity index (χ2v) is 8.54. The van der Waals surface area contributed by atoms with Crippen LogP contribution in [0.2, 0.25) is 5.02 Å². The summed E-state index contributed by atoms with van der Waals surface area (Å²) >= 11 is 11.7. The first-order chi connectivity index (χ1) is 16.1. The van der Waals surface area contributed by atoms with E-state index >= 15 is 0 Å². The molecule has 1 heterocycles. The molecule has 1 saturated heterocycles. The first-order valence-corrected chi connectivity index (χ1v) is 11.9. The molecule has 3 aromatic rings. The van der Waals surface area contributed by atoms with Crippen molar-refractivity contribution in [2.75, 3.05) is 27.3 Å². The average molecular weight is 488 g/mol. The summed E-state index contributed by atoms with van der Waals surface area (Å²) in [6, 6.07) is 23.9. The highest BCUT2D eigenvalue weighted by molar-refractivity contribution is 6.30. The molecule has 0 aromatic heterocycles. The van der Waals surface area contributed by atoms with Crippen LogP contribution in [0.15, 0.2) is 72.8 Å². The van der Waals surface area contributed by atoms with E-state index in [-0.39, 0.29) is 6.10 Å². The molecule has 4 rings (SSSR count). The Kier molecular flexibility index (Phi) is 10.4. The van der Waals surface area contributed by atoms with Gasteiger partial charge in [0.2, 0.25) is 0 Å². The number of halogens is 2. The largest absolute Gasteiger partial charge is 0.497 e. The highest BCUT2D eigenvalue weighted by Crippen LogP contribution is 2.30. The molecule has 1 fully saturated rings. The van der Waals surface area contributed by atoms with E-state index < -0.39 is 0 Å². The number of rotatable bonds is 7. The van der Waals surface area contributed by atoms with Crippen LogP contribution in [0.5, 0.6) is 11.5 Å². The summed E-state index contributed by atoms with van der Waals surface area (Å²) < 4.78 is 16.4. The van der Waals surface area contributed by atoms with Gasteiger partial charge in [0.25, 0.3) is 0 Å². The lowest BCUT2D eigenvalue weighted by Gasteiger charge is -2.32. The standard InChI is InChI=1S/C19H22ClNO2.C8H9ClO/c1-22-17-7-5-14(6-8-17)13-23-19-12-21-10-9-18(19)15-3-2-4-16(20)11-15;1-10-8-4-2-7(6-9)3-5-8/h2-8,11,18-19,21H,9-10,12-13H2,1H3;2-5H,6H2,1H3. The van der Waals surface area contributed by atoms with Gasteiger partial charge >= 0.3 is 0 Å². The molecule has 176 valence electrons. The number of methoxy groups -OCH3 is 2. The number of hydrogen-bond donors (Lipinski definition) is 1. The van der Waals surface area contributed by atoms with Gasteiger partial charge in [-0.15, -0.1) is 11.6 Å². The topological polar surface area (TPSA) is 39.7 Å². The summed E-state index contributed by atoms with van der Waals surface area (Å²) in [7, 11) is 3.32. The van der Waals surface area contributed by atoms with E-state index in [4.69, 9.17) is 37.4 Å². The van der Waals surface area contributed by atoms with Crippen LogP contribution >= 0.6 is 23.2 Å². The van der Waals surface area contributed by atoms with Crippen molar-refractivity contribution in [1.29, 1.82) is 0 Å². The van der Waals surface area contributed by atoms with E-state index in [0.717, 1.165) is 47.2 Å². The fraction of sp³-hybridized carbons (Fsp3) is 0.333. The van der Waals surface area contributed by atoms with Crippen molar-refractivity contribution >= 4 is 23.2 Å². The van der Waals surface area contributed by atoms with Crippen LogP contribution in [-0.4, -0.2) is 33.4 Å². The van der Waals surface area contributed by atoms with E-state index in [1.54, 1.807) is 14.2 Å². The van der Waals surface area contributed by atoms with Crippen LogP contribution in [-0.2, 0) is 17.2 Å². The summed E-state index contributed by atoms with van der Waals surface area (Å²) in [5.41, 5.74) is 3.53. The number of hydrogen-bond acceptors (Lipinski definition) is 4. The van der Waals surface area contributed by atoms with Crippen molar-refractivity contribution in [2.24, 2.45) is 0 Å². The zero-order valence-corrected chi connectivity index (χ0v) is 20.6. The summed E-state index contributed by atoms with van der Waals surface area (Å²) in [4.78, 5) is 0. The van der Waals surface area contributed by atoms with Crippen molar-refractivity contribution < 1.29 is 14.2 Å². The maximum Gasteiger partial charge on any atom is 0.118 e. The smallest absolute Gasteiger partial charge is 0.118 e. The molecule has 0 bridgehead atoms. The van der Waals surface area contributed by atoms with Crippen molar-refractivity contribution in [3.05, 3.63) is 94.5 Å². The number of ether oxygens (including phenoxy) is 3.